The number of hydrogen-bond acceptors (Lipinski definition) is 4. The number of carbonyl (C=O) groups is 1. The molecule has 1 fully saturated rings. The maximum absolute atomic E-state index is 12.3. The van der Waals surface area contributed by atoms with Gasteiger partial charge in [-0.2, -0.15) is 5.26 Å². The highest BCUT2D eigenvalue weighted by atomic mass is 32.2. The standard InChI is InChI=1S/C16H16N4OS/c1-11(22-16-18-8-9-20(16)13-6-7-13)15(21)19-14-5-3-2-4-12(14)10-17/h2-5,8-9,11,13H,6-7H2,1H3,(H,19,21). The van der Waals surface area contributed by atoms with Gasteiger partial charge < -0.3 is 9.88 Å². The minimum absolute atomic E-state index is 0.127. The summed E-state index contributed by atoms with van der Waals surface area (Å²) >= 11 is 1.44. The minimum Gasteiger partial charge on any atom is -0.324 e. The van der Waals surface area contributed by atoms with Crippen LogP contribution in [0.1, 0.15) is 31.4 Å². The van der Waals surface area contributed by atoms with E-state index >= 15 is 0 Å². The molecule has 1 atom stereocenters. The van der Waals surface area contributed by atoms with Gasteiger partial charge in [0.1, 0.15) is 6.07 Å². The van der Waals surface area contributed by atoms with Gasteiger partial charge in [-0.05, 0) is 31.9 Å². The van der Waals surface area contributed by atoms with Gasteiger partial charge in [-0.1, -0.05) is 23.9 Å². The Labute approximate surface area is 133 Å². The summed E-state index contributed by atoms with van der Waals surface area (Å²) in [4.78, 5) is 16.7. The lowest BCUT2D eigenvalue weighted by molar-refractivity contribution is -0.115. The van der Waals surface area contributed by atoms with Gasteiger partial charge in [-0.3, -0.25) is 4.79 Å². The zero-order chi connectivity index (χ0) is 15.5. The first-order chi connectivity index (χ1) is 10.7. The third kappa shape index (κ3) is 3.15. The lowest BCUT2D eigenvalue weighted by Gasteiger charge is -2.13. The van der Waals surface area contributed by atoms with Crippen molar-refractivity contribution < 1.29 is 4.79 Å². The molecule has 1 aliphatic rings. The Hall–Kier alpha value is -2.26. The van der Waals surface area contributed by atoms with Crippen LogP contribution < -0.4 is 5.32 Å². The highest BCUT2D eigenvalue weighted by Crippen LogP contribution is 2.38. The van der Waals surface area contributed by atoms with Crippen molar-refractivity contribution in [3.05, 3.63) is 42.2 Å². The summed E-state index contributed by atoms with van der Waals surface area (Å²) < 4.78 is 2.14. The number of carbonyl (C=O) groups excluding carboxylic acids is 1. The van der Waals surface area contributed by atoms with E-state index in [1.807, 2.05) is 13.1 Å². The molecule has 0 aliphatic heterocycles. The summed E-state index contributed by atoms with van der Waals surface area (Å²) in [5.74, 6) is -0.127. The van der Waals surface area contributed by atoms with Crippen LogP contribution in [-0.2, 0) is 4.79 Å². The molecule has 3 rings (SSSR count). The van der Waals surface area contributed by atoms with Crippen molar-refractivity contribution in [2.45, 2.75) is 36.2 Å². The fourth-order valence-corrected chi connectivity index (χ4v) is 3.09. The van der Waals surface area contributed by atoms with Crippen LogP contribution in [0.25, 0.3) is 0 Å². The smallest absolute Gasteiger partial charge is 0.237 e. The summed E-state index contributed by atoms with van der Waals surface area (Å²) in [6.45, 7) is 1.85. The van der Waals surface area contributed by atoms with E-state index in [0.717, 1.165) is 5.16 Å². The number of benzene rings is 1. The zero-order valence-electron chi connectivity index (χ0n) is 12.2. The highest BCUT2D eigenvalue weighted by Gasteiger charge is 2.27. The van der Waals surface area contributed by atoms with Crippen molar-refractivity contribution in [2.75, 3.05) is 5.32 Å². The second-order valence-corrected chi connectivity index (χ2v) is 6.56. The third-order valence-corrected chi connectivity index (χ3v) is 4.62. The summed E-state index contributed by atoms with van der Waals surface area (Å²) in [5, 5.41) is 12.5. The number of nitriles is 1. The predicted octanol–water partition coefficient (Wildman–Crippen LogP) is 3.21. The number of rotatable bonds is 5. The van der Waals surface area contributed by atoms with Crippen LogP contribution in [0.4, 0.5) is 5.69 Å². The van der Waals surface area contributed by atoms with Crippen molar-refractivity contribution in [1.29, 1.82) is 5.26 Å². The Morgan fingerprint density at radius 1 is 1.50 bits per heavy atom. The van der Waals surface area contributed by atoms with Crippen LogP contribution in [0, 0.1) is 11.3 Å². The van der Waals surface area contributed by atoms with E-state index < -0.39 is 0 Å². The first-order valence-electron chi connectivity index (χ1n) is 7.18. The number of amides is 1. The van der Waals surface area contributed by atoms with E-state index in [4.69, 9.17) is 5.26 Å². The predicted molar refractivity (Wildman–Crippen MR) is 85.6 cm³/mol. The number of aromatic nitrogens is 2. The van der Waals surface area contributed by atoms with Crippen molar-refractivity contribution in [3.8, 4) is 6.07 Å². The fourth-order valence-electron chi connectivity index (χ4n) is 2.16. The van der Waals surface area contributed by atoms with E-state index in [1.165, 1.54) is 24.6 Å². The van der Waals surface area contributed by atoms with Gasteiger partial charge in [-0.15, -0.1) is 0 Å². The molecule has 112 valence electrons. The van der Waals surface area contributed by atoms with Gasteiger partial charge in [0.25, 0.3) is 0 Å². The molecule has 1 aliphatic carbocycles. The highest BCUT2D eigenvalue weighted by molar-refractivity contribution is 8.00. The molecule has 2 aromatic rings. The fraction of sp³-hybridized carbons (Fsp3) is 0.312. The largest absolute Gasteiger partial charge is 0.324 e. The second-order valence-electron chi connectivity index (χ2n) is 5.25. The van der Waals surface area contributed by atoms with Crippen molar-refractivity contribution in [1.82, 2.24) is 9.55 Å². The number of anilines is 1. The van der Waals surface area contributed by atoms with Crippen LogP contribution in [0.15, 0.2) is 41.8 Å². The molecular formula is C16H16N4OS. The summed E-state index contributed by atoms with van der Waals surface area (Å²) in [6.07, 6.45) is 6.10. The molecule has 0 radical (unpaired) electrons. The van der Waals surface area contributed by atoms with Crippen LogP contribution in [0.2, 0.25) is 0 Å². The SMILES string of the molecule is CC(Sc1nccn1C1CC1)C(=O)Nc1ccccc1C#N. The van der Waals surface area contributed by atoms with Gasteiger partial charge in [-0.25, -0.2) is 4.98 Å². The maximum atomic E-state index is 12.3. The molecule has 1 N–H and O–H groups in total. The Balaban J connectivity index is 1.67. The molecule has 1 heterocycles. The van der Waals surface area contributed by atoms with Gasteiger partial charge in [0.05, 0.1) is 16.5 Å². The molecule has 1 unspecified atom stereocenters. The Kier molecular flexibility index (Phi) is 4.16. The van der Waals surface area contributed by atoms with Crippen LogP contribution in [0.3, 0.4) is 0 Å². The molecule has 0 spiro atoms. The molecule has 1 aromatic heterocycles. The Morgan fingerprint density at radius 3 is 3.00 bits per heavy atom. The van der Waals surface area contributed by atoms with Crippen LogP contribution >= 0.6 is 11.8 Å². The number of hydrogen-bond donors (Lipinski definition) is 1. The number of nitrogens with one attached hydrogen (secondary N) is 1. The molecule has 0 bridgehead atoms. The molecule has 0 saturated heterocycles. The summed E-state index contributed by atoms with van der Waals surface area (Å²) in [6, 6.07) is 9.62. The van der Waals surface area contributed by atoms with E-state index in [2.05, 4.69) is 20.9 Å². The summed E-state index contributed by atoms with van der Waals surface area (Å²) in [5.41, 5.74) is 1.01. The van der Waals surface area contributed by atoms with Crippen LogP contribution in [-0.4, -0.2) is 20.7 Å². The zero-order valence-corrected chi connectivity index (χ0v) is 13.0. The van der Waals surface area contributed by atoms with Crippen molar-refractivity contribution in [2.24, 2.45) is 0 Å². The lowest BCUT2D eigenvalue weighted by atomic mass is 10.2. The Bertz CT molecular complexity index is 730. The van der Waals surface area contributed by atoms with E-state index in [9.17, 15) is 4.79 Å². The number of para-hydroxylation sites is 1. The number of thioether (sulfide) groups is 1. The van der Waals surface area contributed by atoms with Gasteiger partial charge in [0.2, 0.25) is 5.91 Å². The van der Waals surface area contributed by atoms with Crippen LogP contribution in [0.5, 0.6) is 0 Å². The first kappa shape index (κ1) is 14.7. The molecular weight excluding hydrogens is 296 g/mol. The van der Waals surface area contributed by atoms with Crippen molar-refractivity contribution in [3.63, 3.8) is 0 Å². The van der Waals surface area contributed by atoms with Crippen molar-refractivity contribution >= 4 is 23.4 Å². The van der Waals surface area contributed by atoms with E-state index in [-0.39, 0.29) is 11.2 Å². The quantitative estimate of drug-likeness (QED) is 0.861. The van der Waals surface area contributed by atoms with E-state index in [0.29, 0.717) is 17.3 Å². The molecule has 1 saturated carbocycles. The molecule has 6 heteroatoms. The van der Waals surface area contributed by atoms with Gasteiger partial charge >= 0.3 is 0 Å². The van der Waals surface area contributed by atoms with Gasteiger partial charge in [0, 0.05) is 18.4 Å². The first-order valence-corrected chi connectivity index (χ1v) is 8.06. The molecule has 1 aromatic carbocycles. The number of nitrogens with zero attached hydrogens (tertiary/aromatic N) is 3. The average molecular weight is 312 g/mol. The normalized spacial score (nSPS) is 15.1. The molecule has 22 heavy (non-hydrogen) atoms. The Morgan fingerprint density at radius 2 is 2.27 bits per heavy atom. The van der Waals surface area contributed by atoms with E-state index in [1.54, 1.807) is 30.5 Å². The molecule has 1 amide bonds. The lowest BCUT2D eigenvalue weighted by Crippen LogP contribution is -2.23. The molecule has 5 nitrogen and oxygen atoms in total. The number of imidazole rings is 1. The topological polar surface area (TPSA) is 70.7 Å². The monoisotopic (exact) mass is 312 g/mol. The third-order valence-electron chi connectivity index (χ3n) is 3.53. The van der Waals surface area contributed by atoms with Gasteiger partial charge in [0.15, 0.2) is 5.16 Å². The minimum atomic E-state index is -0.286. The average Bonchev–Trinajstić information content (AvgIpc) is 3.27. The maximum Gasteiger partial charge on any atom is 0.237 e. The second kappa shape index (κ2) is 6.24. The summed E-state index contributed by atoms with van der Waals surface area (Å²) in [7, 11) is 0.